The van der Waals surface area contributed by atoms with E-state index in [2.05, 4.69) is 10.1 Å². The molecular weight excluding hydrogens is 237 g/mol. The van der Waals surface area contributed by atoms with Gasteiger partial charge in [-0.1, -0.05) is 12.1 Å². The third kappa shape index (κ3) is 2.84. The van der Waals surface area contributed by atoms with E-state index in [0.717, 1.165) is 6.42 Å². The van der Waals surface area contributed by atoms with Crippen molar-refractivity contribution in [3.05, 3.63) is 29.8 Å². The van der Waals surface area contributed by atoms with E-state index in [0.29, 0.717) is 24.6 Å². The van der Waals surface area contributed by atoms with Crippen molar-refractivity contribution < 1.29 is 13.7 Å². The van der Waals surface area contributed by atoms with Crippen LogP contribution in [-0.4, -0.2) is 16.7 Å². The van der Waals surface area contributed by atoms with Gasteiger partial charge in [-0.25, -0.2) is 4.39 Å². The Morgan fingerprint density at radius 1 is 1.44 bits per heavy atom. The van der Waals surface area contributed by atoms with Crippen LogP contribution in [0.25, 0.3) is 11.5 Å². The molecule has 0 spiro atoms. The van der Waals surface area contributed by atoms with Crippen molar-refractivity contribution in [3.63, 3.8) is 0 Å². The van der Waals surface area contributed by atoms with Crippen LogP contribution in [0.4, 0.5) is 10.1 Å². The van der Waals surface area contributed by atoms with Gasteiger partial charge in [-0.3, -0.25) is 0 Å². The Balaban J connectivity index is 2.13. The molecule has 6 heteroatoms. The Labute approximate surface area is 104 Å². The molecule has 2 aromatic rings. The zero-order valence-electron chi connectivity index (χ0n) is 10.0. The van der Waals surface area contributed by atoms with Crippen molar-refractivity contribution in [2.45, 2.75) is 20.0 Å². The van der Waals surface area contributed by atoms with E-state index in [4.69, 9.17) is 15.0 Å². The van der Waals surface area contributed by atoms with Crippen LogP contribution in [0.2, 0.25) is 0 Å². The summed E-state index contributed by atoms with van der Waals surface area (Å²) in [5.74, 6) is 0.312. The largest absolute Gasteiger partial charge is 0.398 e. The molecule has 0 fully saturated rings. The number of hydrogen-bond donors (Lipinski definition) is 1. The zero-order valence-corrected chi connectivity index (χ0v) is 10.0. The maximum Gasteiger partial charge on any atom is 0.260 e. The van der Waals surface area contributed by atoms with Crippen molar-refractivity contribution in [3.8, 4) is 11.5 Å². The van der Waals surface area contributed by atoms with Gasteiger partial charge in [0.25, 0.3) is 5.89 Å². The number of nitrogens with two attached hydrogens (primary N) is 1. The third-order valence-electron chi connectivity index (χ3n) is 2.29. The van der Waals surface area contributed by atoms with E-state index in [9.17, 15) is 4.39 Å². The van der Waals surface area contributed by atoms with Gasteiger partial charge >= 0.3 is 0 Å². The summed E-state index contributed by atoms with van der Waals surface area (Å²) in [5.41, 5.74) is 6.47. The molecule has 2 N–H and O–H groups in total. The van der Waals surface area contributed by atoms with Crippen LogP contribution >= 0.6 is 0 Å². The molecule has 0 bridgehead atoms. The molecule has 1 aromatic heterocycles. The summed E-state index contributed by atoms with van der Waals surface area (Å²) < 4.78 is 23.3. The van der Waals surface area contributed by atoms with Crippen molar-refractivity contribution in [2.75, 3.05) is 12.3 Å². The van der Waals surface area contributed by atoms with E-state index < -0.39 is 5.82 Å². The molecule has 0 saturated carbocycles. The van der Waals surface area contributed by atoms with Crippen LogP contribution in [0.5, 0.6) is 0 Å². The molecule has 0 atom stereocenters. The number of benzene rings is 1. The summed E-state index contributed by atoms with van der Waals surface area (Å²) in [6.07, 6.45) is 0.926. The van der Waals surface area contributed by atoms with Crippen LogP contribution in [-0.2, 0) is 11.3 Å². The van der Waals surface area contributed by atoms with Crippen LogP contribution in [0.3, 0.4) is 0 Å². The summed E-state index contributed by atoms with van der Waals surface area (Å²) >= 11 is 0. The van der Waals surface area contributed by atoms with Crippen LogP contribution in [0.1, 0.15) is 19.2 Å². The predicted molar refractivity (Wildman–Crippen MR) is 64.1 cm³/mol. The second-order valence-corrected chi connectivity index (χ2v) is 3.80. The highest BCUT2D eigenvalue weighted by atomic mass is 19.1. The van der Waals surface area contributed by atoms with Crippen LogP contribution < -0.4 is 5.73 Å². The quantitative estimate of drug-likeness (QED) is 0.652. The summed E-state index contributed by atoms with van der Waals surface area (Å²) in [7, 11) is 0. The average Bonchev–Trinajstić information content (AvgIpc) is 2.78. The van der Waals surface area contributed by atoms with Gasteiger partial charge in [-0.2, -0.15) is 4.98 Å². The smallest absolute Gasteiger partial charge is 0.260 e. The fourth-order valence-electron chi connectivity index (χ4n) is 1.46. The normalized spacial score (nSPS) is 10.8. The first-order valence-corrected chi connectivity index (χ1v) is 5.66. The van der Waals surface area contributed by atoms with E-state index >= 15 is 0 Å². The number of anilines is 1. The molecule has 0 amide bonds. The number of nitrogen functional groups attached to an aromatic ring is 1. The maximum atomic E-state index is 12.9. The Kier molecular flexibility index (Phi) is 3.88. The highest BCUT2D eigenvalue weighted by Gasteiger charge is 2.12. The lowest BCUT2D eigenvalue weighted by molar-refractivity contribution is 0.114. The van der Waals surface area contributed by atoms with E-state index in [1.165, 1.54) is 18.2 Å². The molecular formula is C12H14FN3O2. The second-order valence-electron chi connectivity index (χ2n) is 3.80. The van der Waals surface area contributed by atoms with Gasteiger partial charge in [0.1, 0.15) is 12.4 Å². The molecule has 0 unspecified atom stereocenters. The van der Waals surface area contributed by atoms with Gasteiger partial charge in [0.2, 0.25) is 0 Å². The van der Waals surface area contributed by atoms with Crippen LogP contribution in [0, 0.1) is 5.82 Å². The SMILES string of the molecule is CCCOCc1noc(-c2ccc(F)cc2N)n1. The molecule has 0 aliphatic carbocycles. The Hall–Kier alpha value is -1.95. The predicted octanol–water partition coefficient (Wildman–Crippen LogP) is 2.38. The van der Waals surface area contributed by atoms with E-state index in [1.54, 1.807) is 0 Å². The molecule has 18 heavy (non-hydrogen) atoms. The number of rotatable bonds is 5. The lowest BCUT2D eigenvalue weighted by Gasteiger charge is -1.99. The molecule has 0 saturated heterocycles. The fourth-order valence-corrected chi connectivity index (χ4v) is 1.46. The monoisotopic (exact) mass is 251 g/mol. The number of ether oxygens (including phenoxy) is 1. The fraction of sp³-hybridized carbons (Fsp3) is 0.333. The van der Waals surface area contributed by atoms with Gasteiger partial charge in [0.15, 0.2) is 5.82 Å². The summed E-state index contributed by atoms with van der Waals surface area (Å²) in [5, 5.41) is 3.77. The van der Waals surface area contributed by atoms with Crippen molar-refractivity contribution in [2.24, 2.45) is 0 Å². The van der Waals surface area contributed by atoms with E-state index in [-0.39, 0.29) is 11.6 Å². The summed E-state index contributed by atoms with van der Waals surface area (Å²) in [4.78, 5) is 4.14. The Morgan fingerprint density at radius 2 is 2.28 bits per heavy atom. The highest BCUT2D eigenvalue weighted by molar-refractivity contribution is 5.70. The molecule has 1 heterocycles. The molecule has 0 aliphatic rings. The number of hydrogen-bond acceptors (Lipinski definition) is 5. The minimum atomic E-state index is -0.401. The second kappa shape index (κ2) is 5.59. The first kappa shape index (κ1) is 12.5. The van der Waals surface area contributed by atoms with Gasteiger partial charge in [0.05, 0.1) is 5.56 Å². The molecule has 0 aliphatic heterocycles. The third-order valence-corrected chi connectivity index (χ3v) is 2.29. The number of halogens is 1. The lowest BCUT2D eigenvalue weighted by Crippen LogP contribution is -1.96. The minimum Gasteiger partial charge on any atom is -0.398 e. The Bertz CT molecular complexity index is 528. The van der Waals surface area contributed by atoms with Crippen molar-refractivity contribution in [1.29, 1.82) is 0 Å². The summed E-state index contributed by atoms with van der Waals surface area (Å²) in [6.45, 7) is 2.95. The van der Waals surface area contributed by atoms with Crippen molar-refractivity contribution in [1.82, 2.24) is 10.1 Å². The van der Waals surface area contributed by atoms with Crippen LogP contribution in [0.15, 0.2) is 22.7 Å². The lowest BCUT2D eigenvalue weighted by atomic mass is 10.2. The molecule has 2 rings (SSSR count). The van der Waals surface area contributed by atoms with Gasteiger partial charge in [-0.15, -0.1) is 0 Å². The van der Waals surface area contributed by atoms with Gasteiger partial charge in [-0.05, 0) is 24.6 Å². The number of nitrogens with zero attached hydrogens (tertiary/aromatic N) is 2. The first-order chi connectivity index (χ1) is 8.70. The van der Waals surface area contributed by atoms with Crippen molar-refractivity contribution >= 4 is 5.69 Å². The maximum absolute atomic E-state index is 12.9. The zero-order chi connectivity index (χ0) is 13.0. The molecule has 0 radical (unpaired) electrons. The summed E-state index contributed by atoms with van der Waals surface area (Å²) in [6, 6.07) is 4.02. The molecule has 96 valence electrons. The standard InChI is InChI=1S/C12H14FN3O2/c1-2-5-17-7-11-15-12(18-16-11)9-4-3-8(13)6-10(9)14/h3-4,6H,2,5,7,14H2,1H3. The average molecular weight is 251 g/mol. The highest BCUT2D eigenvalue weighted by Crippen LogP contribution is 2.24. The topological polar surface area (TPSA) is 74.2 Å². The Morgan fingerprint density at radius 3 is 3.00 bits per heavy atom. The van der Waals surface area contributed by atoms with E-state index in [1.807, 2.05) is 6.92 Å². The van der Waals surface area contributed by atoms with Gasteiger partial charge in [0, 0.05) is 12.3 Å². The van der Waals surface area contributed by atoms with Gasteiger partial charge < -0.3 is 15.0 Å². The molecule has 5 nitrogen and oxygen atoms in total. The minimum absolute atomic E-state index is 0.264. The number of aromatic nitrogens is 2. The molecule has 1 aromatic carbocycles. The first-order valence-electron chi connectivity index (χ1n) is 5.66.